The van der Waals surface area contributed by atoms with Crippen LogP contribution in [0.3, 0.4) is 0 Å². The fourth-order valence-corrected chi connectivity index (χ4v) is 1.76. The zero-order valence-electron chi connectivity index (χ0n) is 11.0. The van der Waals surface area contributed by atoms with Crippen molar-refractivity contribution in [3.63, 3.8) is 0 Å². The summed E-state index contributed by atoms with van der Waals surface area (Å²) in [5.74, 6) is 2.58. The minimum Gasteiger partial charge on any atom is -0.493 e. The predicted octanol–water partition coefficient (Wildman–Crippen LogP) is 1.18. The monoisotopic (exact) mass is 263 g/mol. The quantitative estimate of drug-likeness (QED) is 0.842. The molecular weight excluding hydrogens is 246 g/mol. The molecule has 0 fully saturated rings. The second kappa shape index (κ2) is 6.19. The number of nitrogens with two attached hydrogens (primary N) is 1. The summed E-state index contributed by atoms with van der Waals surface area (Å²) in [7, 11) is 3.21. The van der Waals surface area contributed by atoms with Gasteiger partial charge < -0.3 is 19.7 Å². The van der Waals surface area contributed by atoms with E-state index in [9.17, 15) is 0 Å². The molecule has 2 N–H and O–H groups in total. The highest BCUT2D eigenvalue weighted by Crippen LogP contribution is 2.28. The van der Waals surface area contributed by atoms with Crippen molar-refractivity contribution >= 4 is 0 Å². The molecule has 19 heavy (non-hydrogen) atoms. The Kier molecular flexibility index (Phi) is 4.35. The number of nitrogens with zero attached hydrogens (tertiary/aromatic N) is 2. The van der Waals surface area contributed by atoms with Crippen LogP contribution in [0.25, 0.3) is 0 Å². The lowest BCUT2D eigenvalue weighted by molar-refractivity contribution is 0.354. The second-order valence-electron chi connectivity index (χ2n) is 4.01. The Hall–Kier alpha value is -2.08. The fraction of sp³-hybridized carbons (Fsp3) is 0.385. The van der Waals surface area contributed by atoms with Gasteiger partial charge in [-0.3, -0.25) is 0 Å². The van der Waals surface area contributed by atoms with Gasteiger partial charge in [0, 0.05) is 6.42 Å². The summed E-state index contributed by atoms with van der Waals surface area (Å²) in [6.45, 7) is 0.509. The van der Waals surface area contributed by atoms with Crippen LogP contribution in [0.1, 0.15) is 17.3 Å². The van der Waals surface area contributed by atoms with Gasteiger partial charge in [-0.05, 0) is 24.2 Å². The molecule has 0 amide bonds. The third-order valence-corrected chi connectivity index (χ3v) is 2.68. The maximum Gasteiger partial charge on any atom is 0.231 e. The molecule has 1 aromatic heterocycles. The number of rotatable bonds is 6. The van der Waals surface area contributed by atoms with Crippen LogP contribution in [-0.4, -0.2) is 30.9 Å². The number of hydrogen-bond acceptors (Lipinski definition) is 6. The van der Waals surface area contributed by atoms with Gasteiger partial charge in [0.25, 0.3) is 0 Å². The fourth-order valence-electron chi connectivity index (χ4n) is 1.76. The highest BCUT2D eigenvalue weighted by atomic mass is 16.5. The van der Waals surface area contributed by atoms with Crippen LogP contribution in [0, 0.1) is 0 Å². The maximum absolute atomic E-state index is 5.44. The number of ether oxygens (including phenoxy) is 2. The molecule has 0 aliphatic rings. The average molecular weight is 263 g/mol. The smallest absolute Gasteiger partial charge is 0.231 e. The summed E-state index contributed by atoms with van der Waals surface area (Å²) < 4.78 is 15.6. The molecule has 0 unspecified atom stereocenters. The highest BCUT2D eigenvalue weighted by Gasteiger charge is 2.09. The Morgan fingerprint density at radius 2 is 2.00 bits per heavy atom. The molecule has 6 nitrogen and oxygen atoms in total. The molecule has 0 aliphatic heterocycles. The van der Waals surface area contributed by atoms with Gasteiger partial charge in [-0.15, -0.1) is 0 Å². The van der Waals surface area contributed by atoms with E-state index in [1.165, 1.54) is 0 Å². The average Bonchev–Trinajstić information content (AvgIpc) is 2.86. The van der Waals surface area contributed by atoms with E-state index in [0.29, 0.717) is 42.6 Å². The number of aromatic nitrogens is 2. The van der Waals surface area contributed by atoms with Crippen molar-refractivity contribution in [2.24, 2.45) is 5.73 Å². The maximum atomic E-state index is 5.44. The van der Waals surface area contributed by atoms with E-state index >= 15 is 0 Å². The summed E-state index contributed by atoms with van der Waals surface area (Å²) >= 11 is 0. The normalized spacial score (nSPS) is 10.5. The minimum absolute atomic E-state index is 0.509. The highest BCUT2D eigenvalue weighted by molar-refractivity contribution is 5.43. The molecule has 0 saturated carbocycles. The van der Waals surface area contributed by atoms with Gasteiger partial charge in [-0.25, -0.2) is 0 Å². The van der Waals surface area contributed by atoms with E-state index in [4.69, 9.17) is 19.7 Å². The first-order valence-corrected chi connectivity index (χ1v) is 5.99. The zero-order valence-corrected chi connectivity index (χ0v) is 11.0. The Balaban J connectivity index is 2.13. The van der Waals surface area contributed by atoms with Crippen molar-refractivity contribution in [2.45, 2.75) is 12.8 Å². The molecule has 102 valence electrons. The van der Waals surface area contributed by atoms with Gasteiger partial charge in [0.15, 0.2) is 17.3 Å². The van der Waals surface area contributed by atoms with E-state index in [0.717, 1.165) is 5.56 Å². The van der Waals surface area contributed by atoms with Crippen molar-refractivity contribution in [1.29, 1.82) is 0 Å². The lowest BCUT2D eigenvalue weighted by Gasteiger charge is -2.08. The molecule has 2 aromatic rings. The van der Waals surface area contributed by atoms with Crippen molar-refractivity contribution in [3.8, 4) is 11.5 Å². The van der Waals surface area contributed by atoms with E-state index in [-0.39, 0.29) is 0 Å². The molecule has 1 aromatic carbocycles. The molecule has 0 radical (unpaired) electrons. The van der Waals surface area contributed by atoms with E-state index < -0.39 is 0 Å². The Bertz CT molecular complexity index is 540. The van der Waals surface area contributed by atoms with Crippen molar-refractivity contribution in [3.05, 3.63) is 35.5 Å². The summed E-state index contributed by atoms with van der Waals surface area (Å²) in [4.78, 5) is 4.26. The lowest BCUT2D eigenvalue weighted by atomic mass is 10.1. The summed E-state index contributed by atoms with van der Waals surface area (Å²) in [5, 5.41) is 3.86. The minimum atomic E-state index is 0.509. The third-order valence-electron chi connectivity index (χ3n) is 2.68. The van der Waals surface area contributed by atoms with Gasteiger partial charge in [0.2, 0.25) is 5.89 Å². The van der Waals surface area contributed by atoms with E-state index in [2.05, 4.69) is 10.1 Å². The Labute approximate surface area is 111 Å². The van der Waals surface area contributed by atoms with Crippen LogP contribution in [0.5, 0.6) is 11.5 Å². The van der Waals surface area contributed by atoms with Crippen LogP contribution in [0.15, 0.2) is 22.7 Å². The molecule has 1 heterocycles. The molecule has 0 atom stereocenters. The van der Waals surface area contributed by atoms with E-state index in [1.807, 2.05) is 18.2 Å². The standard InChI is InChI=1S/C13H17N3O3/c1-17-10-4-3-9(7-11(10)18-2)8-13-15-12(5-6-14)16-19-13/h3-4,7H,5-6,8,14H2,1-2H3. The van der Waals surface area contributed by atoms with Crippen molar-refractivity contribution < 1.29 is 14.0 Å². The van der Waals surface area contributed by atoms with Crippen LogP contribution in [0.2, 0.25) is 0 Å². The Morgan fingerprint density at radius 1 is 1.21 bits per heavy atom. The third kappa shape index (κ3) is 3.23. The first kappa shape index (κ1) is 13.4. The molecule has 2 rings (SSSR count). The summed E-state index contributed by atoms with van der Waals surface area (Å²) in [5.41, 5.74) is 6.45. The number of methoxy groups -OCH3 is 2. The predicted molar refractivity (Wildman–Crippen MR) is 69.4 cm³/mol. The van der Waals surface area contributed by atoms with Crippen molar-refractivity contribution in [2.75, 3.05) is 20.8 Å². The zero-order chi connectivity index (χ0) is 13.7. The van der Waals surface area contributed by atoms with Crippen LogP contribution < -0.4 is 15.2 Å². The SMILES string of the molecule is COc1ccc(Cc2nc(CCN)no2)cc1OC. The first-order chi connectivity index (χ1) is 9.26. The van der Waals surface area contributed by atoms with Crippen molar-refractivity contribution in [1.82, 2.24) is 10.1 Å². The molecule has 0 bridgehead atoms. The van der Waals surface area contributed by atoms with Gasteiger partial charge in [-0.1, -0.05) is 11.2 Å². The Morgan fingerprint density at radius 3 is 2.68 bits per heavy atom. The topological polar surface area (TPSA) is 83.4 Å². The molecule has 6 heteroatoms. The molecule has 0 saturated heterocycles. The van der Waals surface area contributed by atoms with Gasteiger partial charge in [0.1, 0.15) is 0 Å². The van der Waals surface area contributed by atoms with Gasteiger partial charge in [-0.2, -0.15) is 4.98 Å². The largest absolute Gasteiger partial charge is 0.493 e. The summed E-state index contributed by atoms with van der Waals surface area (Å²) in [6.07, 6.45) is 1.17. The number of benzene rings is 1. The van der Waals surface area contributed by atoms with Crippen LogP contribution >= 0.6 is 0 Å². The first-order valence-electron chi connectivity index (χ1n) is 5.99. The van der Waals surface area contributed by atoms with Crippen LogP contribution in [-0.2, 0) is 12.8 Å². The van der Waals surface area contributed by atoms with E-state index in [1.54, 1.807) is 14.2 Å². The molecular formula is C13H17N3O3. The van der Waals surface area contributed by atoms with Crippen LogP contribution in [0.4, 0.5) is 0 Å². The second-order valence-corrected chi connectivity index (χ2v) is 4.01. The molecule has 0 spiro atoms. The van der Waals surface area contributed by atoms with Gasteiger partial charge >= 0.3 is 0 Å². The summed E-state index contributed by atoms with van der Waals surface area (Å²) in [6, 6.07) is 5.69. The lowest BCUT2D eigenvalue weighted by Crippen LogP contribution is -2.04. The number of hydrogen-bond donors (Lipinski definition) is 1. The molecule has 0 aliphatic carbocycles. The van der Waals surface area contributed by atoms with Gasteiger partial charge in [0.05, 0.1) is 20.6 Å².